The van der Waals surface area contributed by atoms with Gasteiger partial charge in [-0.3, -0.25) is 14.7 Å². The minimum Gasteiger partial charge on any atom is -0.481 e. The van der Waals surface area contributed by atoms with Crippen molar-refractivity contribution in [2.24, 2.45) is 0 Å². The first-order chi connectivity index (χ1) is 10.6. The maximum atomic E-state index is 12.4. The summed E-state index contributed by atoms with van der Waals surface area (Å²) in [5.41, 5.74) is 1.03. The number of aromatic nitrogens is 2. The van der Waals surface area contributed by atoms with Gasteiger partial charge in [-0.25, -0.2) is 0 Å². The first-order valence-electron chi connectivity index (χ1n) is 6.64. The number of carbonyl (C=O) groups is 2. The van der Waals surface area contributed by atoms with E-state index in [1.54, 1.807) is 12.1 Å². The minimum absolute atomic E-state index is 0.172. The van der Waals surface area contributed by atoms with Crippen LogP contribution >= 0.6 is 11.3 Å². The van der Waals surface area contributed by atoms with Gasteiger partial charge >= 0.3 is 5.97 Å². The molecule has 3 N–H and O–H groups in total. The van der Waals surface area contributed by atoms with Crippen LogP contribution in [-0.2, 0) is 4.79 Å². The molecule has 0 saturated heterocycles. The second-order valence-corrected chi connectivity index (χ2v) is 5.74. The van der Waals surface area contributed by atoms with Crippen molar-refractivity contribution >= 4 is 34.1 Å². The van der Waals surface area contributed by atoms with Gasteiger partial charge in [0.15, 0.2) is 5.69 Å². The molecule has 1 unspecified atom stereocenters. The molecule has 0 bridgehead atoms. The lowest BCUT2D eigenvalue weighted by atomic mass is 10.1. The second kappa shape index (κ2) is 5.98. The molecule has 2 heterocycles. The van der Waals surface area contributed by atoms with Gasteiger partial charge in [-0.2, -0.15) is 5.10 Å². The van der Waals surface area contributed by atoms with Gasteiger partial charge in [-0.1, -0.05) is 24.3 Å². The third kappa shape index (κ3) is 2.84. The van der Waals surface area contributed by atoms with E-state index in [9.17, 15) is 9.59 Å². The molecule has 0 aliphatic heterocycles. The van der Waals surface area contributed by atoms with Crippen molar-refractivity contribution in [2.45, 2.75) is 12.5 Å². The van der Waals surface area contributed by atoms with Gasteiger partial charge in [-0.15, -0.1) is 11.3 Å². The molecule has 0 aliphatic carbocycles. The summed E-state index contributed by atoms with van der Waals surface area (Å²) in [6, 6.07) is 10.4. The van der Waals surface area contributed by atoms with Gasteiger partial charge in [0.2, 0.25) is 0 Å². The van der Waals surface area contributed by atoms with Crippen LogP contribution in [0.1, 0.15) is 27.8 Å². The Kier molecular flexibility index (Phi) is 3.88. The van der Waals surface area contributed by atoms with Crippen molar-refractivity contribution in [1.29, 1.82) is 0 Å². The number of hydrogen-bond acceptors (Lipinski definition) is 4. The number of thiophene rings is 1. The molecule has 112 valence electrons. The molecular formula is C15H13N3O3S. The summed E-state index contributed by atoms with van der Waals surface area (Å²) >= 11 is 1.41. The molecule has 0 aliphatic rings. The zero-order valence-corrected chi connectivity index (χ0v) is 12.3. The van der Waals surface area contributed by atoms with Crippen LogP contribution in [0.15, 0.2) is 41.8 Å². The Morgan fingerprint density at radius 1 is 1.27 bits per heavy atom. The second-order valence-electron chi connectivity index (χ2n) is 4.76. The minimum atomic E-state index is -0.967. The van der Waals surface area contributed by atoms with Gasteiger partial charge < -0.3 is 10.4 Å². The molecule has 0 radical (unpaired) electrons. The van der Waals surface area contributed by atoms with E-state index in [2.05, 4.69) is 15.5 Å². The Labute approximate surface area is 129 Å². The van der Waals surface area contributed by atoms with Crippen molar-refractivity contribution in [3.05, 3.63) is 52.3 Å². The van der Waals surface area contributed by atoms with E-state index >= 15 is 0 Å². The highest BCUT2D eigenvalue weighted by Gasteiger charge is 2.22. The highest BCUT2D eigenvalue weighted by Crippen LogP contribution is 2.23. The van der Waals surface area contributed by atoms with E-state index in [4.69, 9.17) is 5.11 Å². The molecule has 0 spiro atoms. The lowest BCUT2D eigenvalue weighted by molar-refractivity contribution is -0.137. The maximum absolute atomic E-state index is 12.4. The number of nitrogens with one attached hydrogen (secondary N) is 2. The monoisotopic (exact) mass is 315 g/mol. The molecule has 7 heteroatoms. The average Bonchev–Trinajstić information content (AvgIpc) is 3.15. The van der Waals surface area contributed by atoms with E-state index in [-0.39, 0.29) is 12.1 Å². The summed E-state index contributed by atoms with van der Waals surface area (Å²) in [7, 11) is 0. The first-order valence-corrected chi connectivity index (χ1v) is 7.52. The number of aliphatic carboxylic acids is 1. The van der Waals surface area contributed by atoms with E-state index < -0.39 is 17.9 Å². The fourth-order valence-electron chi connectivity index (χ4n) is 2.25. The van der Waals surface area contributed by atoms with E-state index in [0.717, 1.165) is 10.4 Å². The summed E-state index contributed by atoms with van der Waals surface area (Å²) in [6.45, 7) is 0. The lowest BCUT2D eigenvalue weighted by Gasteiger charge is -2.14. The number of benzene rings is 1. The standard InChI is InChI=1S/C15H13N3O3S/c19-13(20)8-11(12-6-3-7-22-12)16-15(21)14-9-4-1-2-5-10(9)17-18-14/h1-7,11H,8H2,(H,16,21)(H,17,18)(H,19,20). The third-order valence-corrected chi connectivity index (χ3v) is 4.24. The van der Waals surface area contributed by atoms with Crippen molar-refractivity contribution in [2.75, 3.05) is 0 Å². The number of carboxylic acid groups (broad SMARTS) is 1. The van der Waals surface area contributed by atoms with Gasteiger partial charge in [0.25, 0.3) is 5.91 Å². The molecule has 6 nitrogen and oxygen atoms in total. The summed E-state index contributed by atoms with van der Waals surface area (Å²) < 4.78 is 0. The van der Waals surface area contributed by atoms with E-state index in [0.29, 0.717) is 5.39 Å². The van der Waals surface area contributed by atoms with E-state index in [1.165, 1.54) is 11.3 Å². The van der Waals surface area contributed by atoms with E-state index in [1.807, 2.05) is 29.6 Å². The SMILES string of the molecule is O=C(O)CC(NC(=O)c1n[nH]c2ccccc12)c1cccs1. The Balaban J connectivity index is 1.86. The normalized spacial score (nSPS) is 12.2. The maximum Gasteiger partial charge on any atom is 0.305 e. The summed E-state index contributed by atoms with van der Waals surface area (Å²) in [6.07, 6.45) is -0.172. The number of carboxylic acids is 1. The average molecular weight is 315 g/mol. The Morgan fingerprint density at radius 3 is 2.82 bits per heavy atom. The molecular weight excluding hydrogens is 302 g/mol. The Bertz CT molecular complexity index is 810. The largest absolute Gasteiger partial charge is 0.481 e. The van der Waals surface area contributed by atoms with Crippen LogP contribution in [0.3, 0.4) is 0 Å². The van der Waals surface area contributed by atoms with Crippen LogP contribution in [0.5, 0.6) is 0 Å². The molecule has 2 aromatic heterocycles. The number of hydrogen-bond donors (Lipinski definition) is 3. The van der Waals surface area contributed by atoms with Gasteiger partial charge in [0.05, 0.1) is 18.0 Å². The van der Waals surface area contributed by atoms with Gasteiger partial charge in [-0.05, 0) is 17.5 Å². The first kappa shape index (κ1) is 14.3. The van der Waals surface area contributed by atoms with Gasteiger partial charge in [0.1, 0.15) is 0 Å². The van der Waals surface area contributed by atoms with Crippen LogP contribution in [0.2, 0.25) is 0 Å². The number of H-pyrrole nitrogens is 1. The van der Waals surface area contributed by atoms with Crippen LogP contribution in [0.25, 0.3) is 10.9 Å². The molecule has 0 fully saturated rings. The summed E-state index contributed by atoms with van der Waals surface area (Å²) in [5, 5.41) is 21.2. The fourth-order valence-corrected chi connectivity index (χ4v) is 3.03. The number of rotatable bonds is 5. The highest BCUT2D eigenvalue weighted by atomic mass is 32.1. The molecule has 1 aromatic carbocycles. The van der Waals surface area contributed by atoms with Crippen molar-refractivity contribution in [3.63, 3.8) is 0 Å². The zero-order chi connectivity index (χ0) is 15.5. The smallest absolute Gasteiger partial charge is 0.305 e. The van der Waals surface area contributed by atoms with Crippen LogP contribution in [0, 0.1) is 0 Å². The molecule has 1 atom stereocenters. The van der Waals surface area contributed by atoms with Crippen molar-refractivity contribution in [3.8, 4) is 0 Å². The molecule has 0 saturated carbocycles. The topological polar surface area (TPSA) is 95.1 Å². The lowest BCUT2D eigenvalue weighted by Crippen LogP contribution is -2.30. The predicted molar refractivity (Wildman–Crippen MR) is 82.9 cm³/mol. The number of para-hydroxylation sites is 1. The molecule has 3 rings (SSSR count). The third-order valence-electron chi connectivity index (χ3n) is 3.26. The van der Waals surface area contributed by atoms with Crippen molar-refractivity contribution < 1.29 is 14.7 Å². The number of fused-ring (bicyclic) bond motifs is 1. The highest BCUT2D eigenvalue weighted by molar-refractivity contribution is 7.10. The molecule has 22 heavy (non-hydrogen) atoms. The Hall–Kier alpha value is -2.67. The number of amides is 1. The summed E-state index contributed by atoms with van der Waals surface area (Å²) in [4.78, 5) is 24.2. The number of nitrogens with zero attached hydrogens (tertiary/aromatic N) is 1. The number of carbonyl (C=O) groups excluding carboxylic acids is 1. The van der Waals surface area contributed by atoms with Crippen LogP contribution < -0.4 is 5.32 Å². The van der Waals surface area contributed by atoms with Crippen LogP contribution in [0.4, 0.5) is 0 Å². The van der Waals surface area contributed by atoms with Crippen molar-refractivity contribution in [1.82, 2.24) is 15.5 Å². The van der Waals surface area contributed by atoms with Gasteiger partial charge in [0, 0.05) is 10.3 Å². The Morgan fingerprint density at radius 2 is 2.09 bits per heavy atom. The zero-order valence-electron chi connectivity index (χ0n) is 11.4. The molecule has 3 aromatic rings. The summed E-state index contributed by atoms with van der Waals surface area (Å²) in [5.74, 6) is -1.36. The molecule has 1 amide bonds. The van der Waals surface area contributed by atoms with Crippen LogP contribution in [-0.4, -0.2) is 27.2 Å². The quantitative estimate of drug-likeness (QED) is 0.674. The fraction of sp³-hybridized carbons (Fsp3) is 0.133. The number of aromatic amines is 1. The predicted octanol–water partition coefficient (Wildman–Crippen LogP) is 2.57.